The van der Waals surface area contributed by atoms with Crippen molar-refractivity contribution in [3.8, 4) is 5.75 Å². The minimum atomic E-state index is -4.00. The Hall–Kier alpha value is -2.13. The zero-order valence-electron chi connectivity index (χ0n) is 11.3. The highest BCUT2D eigenvalue weighted by Crippen LogP contribution is 2.26. The Morgan fingerprint density at radius 2 is 2.10 bits per heavy atom. The van der Waals surface area contributed by atoms with Crippen LogP contribution in [0.15, 0.2) is 23.1 Å². The minimum Gasteiger partial charge on any atom is -0.495 e. The molecule has 1 atom stereocenters. The van der Waals surface area contributed by atoms with Gasteiger partial charge >= 0.3 is 0 Å². The molecule has 0 radical (unpaired) electrons. The maximum absolute atomic E-state index is 12.3. The van der Waals surface area contributed by atoms with Crippen molar-refractivity contribution in [2.75, 3.05) is 12.8 Å². The number of nitrogens with one attached hydrogen (secondary N) is 2. The molecule has 1 heterocycles. The Labute approximate surface area is 121 Å². The summed E-state index contributed by atoms with van der Waals surface area (Å²) in [5.74, 6) is -0.973. The molecule has 0 bridgehead atoms. The number of rotatable bonds is 4. The molecule has 4 N–H and O–H groups in total. The predicted octanol–water partition coefficient (Wildman–Crippen LogP) is -0.639. The fraction of sp³-hybridized carbons (Fsp3) is 0.333. The van der Waals surface area contributed by atoms with Crippen LogP contribution >= 0.6 is 0 Å². The van der Waals surface area contributed by atoms with E-state index in [0.29, 0.717) is 0 Å². The van der Waals surface area contributed by atoms with Gasteiger partial charge in [0.25, 0.3) is 0 Å². The molecule has 1 aromatic rings. The largest absolute Gasteiger partial charge is 0.495 e. The molecule has 1 aliphatic heterocycles. The van der Waals surface area contributed by atoms with Gasteiger partial charge in [0.2, 0.25) is 21.8 Å². The number of carbonyl (C=O) groups is 2. The van der Waals surface area contributed by atoms with Crippen molar-refractivity contribution in [2.24, 2.45) is 0 Å². The summed E-state index contributed by atoms with van der Waals surface area (Å²) in [6, 6.07) is 3.17. The van der Waals surface area contributed by atoms with Crippen LogP contribution in [0, 0.1) is 0 Å². The zero-order chi connectivity index (χ0) is 15.6. The molecule has 0 aliphatic carbocycles. The van der Waals surface area contributed by atoms with Crippen molar-refractivity contribution in [3.63, 3.8) is 0 Å². The molecule has 114 valence electrons. The summed E-state index contributed by atoms with van der Waals surface area (Å²) < 4.78 is 31.9. The summed E-state index contributed by atoms with van der Waals surface area (Å²) in [5, 5.41) is 2.08. The molecule has 0 aromatic heterocycles. The van der Waals surface area contributed by atoms with Crippen LogP contribution in [0.25, 0.3) is 0 Å². The van der Waals surface area contributed by atoms with Gasteiger partial charge in [-0.1, -0.05) is 0 Å². The van der Waals surface area contributed by atoms with Gasteiger partial charge in [-0.15, -0.1) is 0 Å². The van der Waals surface area contributed by atoms with Crippen LogP contribution < -0.4 is 20.5 Å². The SMILES string of the molecule is COc1ccc(N)cc1S(=O)(=O)NC1CCC(=O)NC1=O. The second kappa shape index (κ2) is 5.70. The molecule has 1 fully saturated rings. The standard InChI is InChI=1S/C12H15N3O5S/c1-20-9-4-2-7(13)6-10(9)21(18,19)15-8-3-5-11(16)14-12(8)17/h2,4,6,8,15H,3,5,13H2,1H3,(H,14,16,17). The normalized spacial score (nSPS) is 19.2. The van der Waals surface area contributed by atoms with E-state index in [1.165, 1.54) is 25.3 Å². The van der Waals surface area contributed by atoms with E-state index < -0.39 is 27.9 Å². The van der Waals surface area contributed by atoms with Crippen molar-refractivity contribution in [3.05, 3.63) is 18.2 Å². The Bertz CT molecular complexity index is 686. The van der Waals surface area contributed by atoms with E-state index in [1.807, 2.05) is 0 Å². The number of nitrogens with two attached hydrogens (primary N) is 1. The Kier molecular flexibility index (Phi) is 4.14. The molecule has 21 heavy (non-hydrogen) atoms. The highest BCUT2D eigenvalue weighted by atomic mass is 32.2. The first-order valence-corrected chi connectivity index (χ1v) is 7.61. The van der Waals surface area contributed by atoms with E-state index in [4.69, 9.17) is 10.5 Å². The summed E-state index contributed by atoms with van der Waals surface area (Å²) in [5.41, 5.74) is 5.84. The van der Waals surface area contributed by atoms with Gasteiger partial charge in [-0.05, 0) is 24.6 Å². The number of methoxy groups -OCH3 is 1. The highest BCUT2D eigenvalue weighted by Gasteiger charge is 2.32. The second-order valence-electron chi connectivity index (χ2n) is 4.54. The summed E-state index contributed by atoms with van der Waals surface area (Å²) in [6.45, 7) is 0. The quantitative estimate of drug-likeness (QED) is 0.501. The predicted molar refractivity (Wildman–Crippen MR) is 73.9 cm³/mol. The third kappa shape index (κ3) is 3.31. The van der Waals surface area contributed by atoms with Gasteiger partial charge in [0.1, 0.15) is 16.7 Å². The highest BCUT2D eigenvalue weighted by molar-refractivity contribution is 7.89. The molecule has 1 aliphatic rings. The molecule has 1 saturated heterocycles. The molecular weight excluding hydrogens is 298 g/mol. The number of anilines is 1. The molecule has 0 spiro atoms. The molecular formula is C12H15N3O5S. The van der Waals surface area contributed by atoms with Crippen LogP contribution in [-0.4, -0.2) is 33.4 Å². The number of hydrogen-bond donors (Lipinski definition) is 3. The first-order chi connectivity index (χ1) is 9.83. The van der Waals surface area contributed by atoms with Crippen molar-refractivity contribution in [1.29, 1.82) is 0 Å². The van der Waals surface area contributed by atoms with Crippen molar-refractivity contribution in [2.45, 2.75) is 23.8 Å². The first-order valence-electron chi connectivity index (χ1n) is 6.13. The van der Waals surface area contributed by atoms with Gasteiger partial charge in [-0.2, -0.15) is 4.72 Å². The lowest BCUT2D eigenvalue weighted by molar-refractivity contribution is -0.134. The van der Waals surface area contributed by atoms with Crippen molar-refractivity contribution >= 4 is 27.5 Å². The van der Waals surface area contributed by atoms with Crippen LogP contribution in [0.1, 0.15) is 12.8 Å². The van der Waals surface area contributed by atoms with Gasteiger partial charge in [0.05, 0.1) is 7.11 Å². The minimum absolute atomic E-state index is 0.0764. The lowest BCUT2D eigenvalue weighted by Gasteiger charge is -2.22. The Balaban J connectivity index is 2.28. The Morgan fingerprint density at radius 1 is 1.38 bits per heavy atom. The lowest BCUT2D eigenvalue weighted by Crippen LogP contribution is -2.52. The van der Waals surface area contributed by atoms with Crippen LogP contribution in [0.2, 0.25) is 0 Å². The number of ether oxygens (including phenoxy) is 1. The molecule has 1 unspecified atom stereocenters. The Morgan fingerprint density at radius 3 is 2.71 bits per heavy atom. The fourth-order valence-electron chi connectivity index (χ4n) is 1.96. The number of imide groups is 1. The second-order valence-corrected chi connectivity index (χ2v) is 6.22. The average Bonchev–Trinajstić information content (AvgIpc) is 2.42. The van der Waals surface area contributed by atoms with E-state index in [2.05, 4.69) is 10.0 Å². The summed E-state index contributed by atoms with van der Waals surface area (Å²) >= 11 is 0. The van der Waals surface area contributed by atoms with Gasteiger partial charge < -0.3 is 10.5 Å². The summed E-state index contributed by atoms with van der Waals surface area (Å²) in [7, 11) is -2.67. The third-order valence-electron chi connectivity index (χ3n) is 3.01. The van der Waals surface area contributed by atoms with Crippen molar-refractivity contribution in [1.82, 2.24) is 10.0 Å². The summed E-state index contributed by atoms with van der Waals surface area (Å²) in [6.07, 6.45) is 0.182. The molecule has 8 nitrogen and oxygen atoms in total. The van der Waals surface area contributed by atoms with Gasteiger partial charge in [0.15, 0.2) is 0 Å². The smallest absolute Gasteiger partial charge is 0.245 e. The van der Waals surface area contributed by atoms with E-state index in [-0.39, 0.29) is 29.2 Å². The zero-order valence-corrected chi connectivity index (χ0v) is 12.1. The maximum Gasteiger partial charge on any atom is 0.245 e. The molecule has 0 saturated carbocycles. The fourth-order valence-corrected chi connectivity index (χ4v) is 3.39. The number of amides is 2. The molecule has 2 amide bonds. The van der Waals surface area contributed by atoms with Crippen LogP contribution in [-0.2, 0) is 19.6 Å². The van der Waals surface area contributed by atoms with Crippen molar-refractivity contribution < 1.29 is 22.7 Å². The topological polar surface area (TPSA) is 128 Å². The van der Waals surface area contributed by atoms with E-state index in [1.54, 1.807) is 0 Å². The maximum atomic E-state index is 12.3. The number of carbonyl (C=O) groups excluding carboxylic acids is 2. The molecule has 2 rings (SSSR count). The van der Waals surface area contributed by atoms with Gasteiger partial charge in [-0.25, -0.2) is 8.42 Å². The van der Waals surface area contributed by atoms with E-state index >= 15 is 0 Å². The lowest BCUT2D eigenvalue weighted by atomic mass is 10.1. The number of hydrogen-bond acceptors (Lipinski definition) is 6. The number of piperidine rings is 1. The molecule has 9 heteroatoms. The van der Waals surface area contributed by atoms with E-state index in [0.717, 1.165) is 0 Å². The van der Waals surface area contributed by atoms with Gasteiger partial charge in [0, 0.05) is 12.1 Å². The average molecular weight is 313 g/mol. The van der Waals surface area contributed by atoms with E-state index in [9.17, 15) is 18.0 Å². The van der Waals surface area contributed by atoms with Gasteiger partial charge in [-0.3, -0.25) is 14.9 Å². The number of sulfonamides is 1. The number of nitrogen functional groups attached to an aromatic ring is 1. The monoisotopic (exact) mass is 313 g/mol. The summed E-state index contributed by atoms with van der Waals surface area (Å²) in [4.78, 5) is 22.5. The van der Waals surface area contributed by atoms with Crippen LogP contribution in [0.5, 0.6) is 5.75 Å². The van der Waals surface area contributed by atoms with Crippen LogP contribution in [0.4, 0.5) is 5.69 Å². The third-order valence-corrected chi connectivity index (χ3v) is 4.51. The number of benzene rings is 1. The molecule has 1 aromatic carbocycles. The first kappa shape index (κ1) is 15.3. The van der Waals surface area contributed by atoms with Crippen LogP contribution in [0.3, 0.4) is 0 Å².